The zero-order valence-electron chi connectivity index (χ0n) is 19.7. The molecule has 5 rings (SSSR count). The summed E-state index contributed by atoms with van der Waals surface area (Å²) in [6.45, 7) is 0. The lowest BCUT2D eigenvalue weighted by Crippen LogP contribution is -1.88. The summed E-state index contributed by atoms with van der Waals surface area (Å²) in [5, 5.41) is 23.0. The fourth-order valence-corrected chi connectivity index (χ4v) is 3.52. The first-order valence-electron chi connectivity index (χ1n) is 10.8. The number of nitrogens with one attached hydrogen (secondary N) is 1. The summed E-state index contributed by atoms with van der Waals surface area (Å²) in [5.74, 6) is 0.551. The third-order valence-corrected chi connectivity index (χ3v) is 5.28. The summed E-state index contributed by atoms with van der Waals surface area (Å²) < 4.78 is 0. The van der Waals surface area contributed by atoms with Crippen molar-refractivity contribution in [1.29, 1.82) is 5.26 Å². The Bertz CT molecular complexity index is 1480. The van der Waals surface area contributed by atoms with E-state index >= 15 is 0 Å². The summed E-state index contributed by atoms with van der Waals surface area (Å²) in [7, 11) is 0. The Kier molecular flexibility index (Phi) is 13.7. The van der Waals surface area contributed by atoms with Crippen molar-refractivity contribution in [2.75, 3.05) is 0 Å². The number of halogens is 3. The minimum absolute atomic E-state index is 0. The molecule has 1 aromatic heterocycles. The molecule has 10 heteroatoms. The zero-order chi connectivity index (χ0) is 26.5. The van der Waals surface area contributed by atoms with E-state index in [0.29, 0.717) is 22.5 Å². The highest BCUT2D eigenvalue weighted by Gasteiger charge is 2.10. The molecule has 0 amide bonds. The minimum atomic E-state index is 0. The van der Waals surface area contributed by atoms with Gasteiger partial charge in [0, 0.05) is 53.9 Å². The van der Waals surface area contributed by atoms with E-state index in [0.717, 1.165) is 40.4 Å². The lowest BCUT2D eigenvalue weighted by molar-refractivity contribution is 0.111. The molecule has 0 radical (unpaired) electrons. The third-order valence-electron chi connectivity index (χ3n) is 5.28. The molecule has 0 atom stereocenters. The normalized spacial score (nSPS) is 9.29. The van der Waals surface area contributed by atoms with E-state index in [4.69, 9.17) is 5.26 Å². The van der Waals surface area contributed by atoms with Gasteiger partial charge in [0.1, 0.15) is 12.6 Å². The average molecular weight is 839 g/mol. The molecule has 0 bridgehead atoms. The number of aromatic amines is 1. The number of carbonyl (C=O) groups is 2. The van der Waals surface area contributed by atoms with E-state index in [9.17, 15) is 9.59 Å². The maximum Gasteiger partial charge on any atom is 0.205 e. The molecule has 0 fully saturated rings. The van der Waals surface area contributed by atoms with Crippen molar-refractivity contribution in [2.24, 2.45) is 0 Å². The van der Waals surface area contributed by atoms with Gasteiger partial charge in [0.15, 0.2) is 0 Å². The van der Waals surface area contributed by atoms with E-state index < -0.39 is 0 Å². The van der Waals surface area contributed by atoms with Gasteiger partial charge in [-0.15, -0.1) is 34.2 Å². The number of tetrazole rings is 1. The quantitative estimate of drug-likeness (QED) is 0.143. The molecular weight excluding hydrogens is 819 g/mol. The Labute approximate surface area is 260 Å². The molecule has 0 saturated carbocycles. The monoisotopic (exact) mass is 839 g/mol. The molecule has 1 N–H and O–H groups in total. The zero-order valence-corrected chi connectivity index (χ0v) is 26.3. The van der Waals surface area contributed by atoms with Gasteiger partial charge in [0.25, 0.3) is 0 Å². The molecule has 5 aromatic rings. The molecule has 0 spiro atoms. The standard InChI is InChI=1S/C14H10N4O.C14H9NO.I2.HI/c19-9-10-5-7-11(8-6-10)12-3-1-2-4-13(12)14-15-17-18-16-14;15-9-13-3-1-2-4-14(13)12-7-5-11(10-16)6-8-12;1-2;/h1-9H,(H,15,16,17,18);1-8,10H;;1H. The second kappa shape index (κ2) is 16.7. The smallest absolute Gasteiger partial charge is 0.205 e. The van der Waals surface area contributed by atoms with Crippen LogP contribution in [0.3, 0.4) is 0 Å². The Morgan fingerprint density at radius 1 is 0.684 bits per heavy atom. The first-order chi connectivity index (χ1) is 18.2. The van der Waals surface area contributed by atoms with Crippen LogP contribution in [0.25, 0.3) is 33.6 Å². The van der Waals surface area contributed by atoms with E-state index in [-0.39, 0.29) is 24.0 Å². The summed E-state index contributed by atoms with van der Waals surface area (Å²) in [4.78, 5) is 21.2. The number of nitriles is 1. The van der Waals surface area contributed by atoms with E-state index in [1.807, 2.05) is 66.7 Å². The third kappa shape index (κ3) is 8.23. The fourth-order valence-electron chi connectivity index (χ4n) is 3.52. The molecule has 0 saturated heterocycles. The van der Waals surface area contributed by atoms with Crippen molar-refractivity contribution in [3.8, 4) is 39.7 Å². The van der Waals surface area contributed by atoms with Gasteiger partial charge in [-0.05, 0) is 33.5 Å². The van der Waals surface area contributed by atoms with Crippen LogP contribution in [0.1, 0.15) is 26.3 Å². The minimum Gasteiger partial charge on any atom is -0.298 e. The van der Waals surface area contributed by atoms with Crippen molar-refractivity contribution in [3.63, 3.8) is 0 Å². The molecule has 4 aromatic carbocycles. The summed E-state index contributed by atoms with van der Waals surface area (Å²) in [6.07, 6.45) is 1.63. The Morgan fingerprint density at radius 2 is 1.16 bits per heavy atom. The van der Waals surface area contributed by atoms with Crippen LogP contribution in [0, 0.1) is 11.3 Å². The molecule has 7 nitrogen and oxygen atoms in total. The number of hydrogen-bond donors (Lipinski definition) is 1. The van der Waals surface area contributed by atoms with Crippen molar-refractivity contribution >= 4 is 73.8 Å². The van der Waals surface area contributed by atoms with Gasteiger partial charge in [0.2, 0.25) is 5.82 Å². The van der Waals surface area contributed by atoms with E-state index in [1.165, 1.54) is 0 Å². The SMILES string of the molecule is I.II.N#Cc1ccccc1-c1ccc(C=O)cc1.O=Cc1ccc(-c2ccccc2-c2nn[nH]n2)cc1. The Hall–Kier alpha value is -3.03. The van der Waals surface area contributed by atoms with Gasteiger partial charge in [-0.3, -0.25) is 9.59 Å². The first-order valence-corrected chi connectivity index (χ1v) is 17.1. The van der Waals surface area contributed by atoms with Crippen LogP contribution in [0.4, 0.5) is 0 Å². The van der Waals surface area contributed by atoms with Gasteiger partial charge in [-0.1, -0.05) is 91.0 Å². The van der Waals surface area contributed by atoms with Crippen molar-refractivity contribution < 1.29 is 9.59 Å². The van der Waals surface area contributed by atoms with Crippen LogP contribution in [0.2, 0.25) is 0 Å². The van der Waals surface area contributed by atoms with Gasteiger partial charge in [-0.2, -0.15) is 10.5 Å². The highest BCUT2D eigenvalue weighted by Crippen LogP contribution is 2.29. The number of aromatic nitrogens is 4. The van der Waals surface area contributed by atoms with Crippen molar-refractivity contribution in [2.45, 2.75) is 0 Å². The lowest BCUT2D eigenvalue weighted by atomic mass is 9.98. The number of hydrogen-bond acceptors (Lipinski definition) is 6. The largest absolute Gasteiger partial charge is 0.298 e. The first kappa shape index (κ1) is 31.2. The van der Waals surface area contributed by atoms with Crippen molar-refractivity contribution in [3.05, 3.63) is 114 Å². The fraction of sp³-hybridized carbons (Fsp3) is 0. The maximum atomic E-state index is 10.7. The topological polar surface area (TPSA) is 112 Å². The van der Waals surface area contributed by atoms with Crippen LogP contribution in [-0.4, -0.2) is 33.2 Å². The summed E-state index contributed by atoms with van der Waals surface area (Å²) in [5.41, 5.74) is 6.67. The molecule has 190 valence electrons. The highest BCUT2D eigenvalue weighted by atomic mass is 128. The van der Waals surface area contributed by atoms with E-state index in [2.05, 4.69) is 63.9 Å². The molecule has 0 aliphatic rings. The van der Waals surface area contributed by atoms with E-state index in [1.54, 1.807) is 30.3 Å². The van der Waals surface area contributed by atoms with Crippen LogP contribution in [-0.2, 0) is 0 Å². The lowest BCUT2D eigenvalue weighted by Gasteiger charge is -2.06. The summed E-state index contributed by atoms with van der Waals surface area (Å²) in [6, 6.07) is 31.9. The Balaban J connectivity index is 0.000000248. The number of nitrogens with zero attached hydrogens (tertiary/aromatic N) is 4. The van der Waals surface area contributed by atoms with Crippen LogP contribution in [0.15, 0.2) is 97.1 Å². The Morgan fingerprint density at radius 3 is 1.63 bits per heavy atom. The second-order valence-electron chi connectivity index (χ2n) is 7.42. The maximum absolute atomic E-state index is 10.7. The predicted octanol–water partition coefficient (Wildman–Crippen LogP) is 7.77. The number of H-pyrrole nitrogens is 1. The van der Waals surface area contributed by atoms with Crippen LogP contribution < -0.4 is 0 Å². The number of benzene rings is 4. The van der Waals surface area contributed by atoms with Crippen LogP contribution >= 0.6 is 61.2 Å². The number of rotatable bonds is 5. The van der Waals surface area contributed by atoms with Gasteiger partial charge in [-0.25, -0.2) is 0 Å². The van der Waals surface area contributed by atoms with Gasteiger partial charge >= 0.3 is 0 Å². The van der Waals surface area contributed by atoms with Gasteiger partial charge < -0.3 is 0 Å². The average Bonchev–Trinajstić information content (AvgIpc) is 3.54. The second-order valence-corrected chi connectivity index (χ2v) is 7.42. The van der Waals surface area contributed by atoms with Crippen LogP contribution in [0.5, 0.6) is 0 Å². The van der Waals surface area contributed by atoms with Gasteiger partial charge in [0.05, 0.1) is 11.6 Å². The number of carbonyl (C=O) groups excluding carboxylic acids is 2. The molecule has 38 heavy (non-hydrogen) atoms. The molecule has 0 aliphatic heterocycles. The highest BCUT2D eigenvalue weighted by molar-refractivity contribution is 15.0. The molecule has 0 unspecified atom stereocenters. The molecule has 1 heterocycles. The number of aldehydes is 2. The van der Waals surface area contributed by atoms with Crippen molar-refractivity contribution in [1.82, 2.24) is 20.6 Å². The molecular formula is C28H20I3N5O2. The predicted molar refractivity (Wildman–Crippen MR) is 176 cm³/mol. The summed E-state index contributed by atoms with van der Waals surface area (Å²) >= 11 is 4.24. The molecule has 0 aliphatic carbocycles.